The summed E-state index contributed by atoms with van der Waals surface area (Å²) in [6.07, 6.45) is 1.42. The van der Waals surface area contributed by atoms with Crippen molar-refractivity contribution in [2.45, 2.75) is 24.8 Å². The number of ether oxygens (including phenoxy) is 2. The first-order valence-electron chi connectivity index (χ1n) is 10.2. The van der Waals surface area contributed by atoms with Gasteiger partial charge in [-0.05, 0) is 36.6 Å². The maximum absolute atomic E-state index is 13.4. The summed E-state index contributed by atoms with van der Waals surface area (Å²) in [5, 5.41) is 13.8. The van der Waals surface area contributed by atoms with Gasteiger partial charge in [0.05, 0.1) is 31.9 Å². The number of benzene rings is 2. The molecule has 0 radical (unpaired) electrons. The Morgan fingerprint density at radius 3 is 2.48 bits per heavy atom. The molecule has 2 aromatic carbocycles. The number of aromatic nitrogens is 1. The largest absolute Gasteiger partial charge is 0.493 e. The van der Waals surface area contributed by atoms with E-state index < -0.39 is 5.41 Å². The average Bonchev–Trinajstić information content (AvgIpc) is 3.47. The van der Waals surface area contributed by atoms with E-state index in [-0.39, 0.29) is 19.1 Å². The lowest BCUT2D eigenvalue weighted by molar-refractivity contribution is -0.135. The van der Waals surface area contributed by atoms with Crippen molar-refractivity contribution in [2.75, 3.05) is 27.4 Å². The summed E-state index contributed by atoms with van der Waals surface area (Å²) in [6, 6.07) is 17.1. The Bertz CT molecular complexity index is 1040. The van der Waals surface area contributed by atoms with Gasteiger partial charge in [-0.25, -0.2) is 0 Å². The number of aliphatic hydroxyl groups is 1. The number of carbonyl (C=O) groups excluding carboxylic acids is 1. The predicted molar refractivity (Wildman–Crippen MR) is 115 cm³/mol. The van der Waals surface area contributed by atoms with Crippen LogP contribution in [-0.4, -0.2) is 48.4 Å². The third-order valence-corrected chi connectivity index (χ3v) is 5.70. The Morgan fingerprint density at radius 1 is 1.10 bits per heavy atom. The molecule has 1 aromatic heterocycles. The van der Waals surface area contributed by atoms with E-state index in [0.29, 0.717) is 42.3 Å². The van der Waals surface area contributed by atoms with E-state index >= 15 is 0 Å². The van der Waals surface area contributed by atoms with Gasteiger partial charge in [-0.3, -0.25) is 4.79 Å². The highest BCUT2D eigenvalue weighted by molar-refractivity contribution is 5.91. The van der Waals surface area contributed by atoms with Crippen molar-refractivity contribution < 1.29 is 23.9 Å². The number of nitrogens with zero attached hydrogens (tertiary/aromatic N) is 2. The molecule has 3 aromatic rings. The van der Waals surface area contributed by atoms with E-state index in [9.17, 15) is 9.90 Å². The number of hydrogen-bond donors (Lipinski definition) is 1. The van der Waals surface area contributed by atoms with Crippen molar-refractivity contribution in [3.8, 4) is 22.8 Å². The van der Waals surface area contributed by atoms with Crippen LogP contribution in [-0.2, 0) is 16.8 Å². The van der Waals surface area contributed by atoms with Gasteiger partial charge < -0.3 is 24.0 Å². The molecule has 4 rings (SSSR count). The lowest BCUT2D eigenvalue weighted by Crippen LogP contribution is -2.40. The van der Waals surface area contributed by atoms with Gasteiger partial charge in [0, 0.05) is 24.7 Å². The standard InChI is InChI=1S/C24H26N2O5/c1-29-19-9-8-18(14-21(19)30-2)20-15-22(25-31-20)24(10-11-24)23(28)26(12-13-27)16-17-6-4-3-5-7-17/h3-9,14-15,27H,10-13,16H2,1-2H3. The maximum atomic E-state index is 13.4. The van der Waals surface area contributed by atoms with Crippen LogP contribution >= 0.6 is 0 Å². The minimum absolute atomic E-state index is 0.0300. The Hall–Kier alpha value is -3.32. The van der Waals surface area contributed by atoms with Crippen LogP contribution in [0.15, 0.2) is 59.1 Å². The van der Waals surface area contributed by atoms with Gasteiger partial charge in [-0.15, -0.1) is 0 Å². The lowest BCUT2D eigenvalue weighted by Gasteiger charge is -2.26. The molecule has 1 fully saturated rings. The molecule has 0 saturated heterocycles. The lowest BCUT2D eigenvalue weighted by atomic mass is 9.99. The van der Waals surface area contributed by atoms with Crippen molar-refractivity contribution in [3.05, 3.63) is 65.9 Å². The molecule has 0 unspecified atom stereocenters. The number of carbonyl (C=O) groups is 1. The van der Waals surface area contributed by atoms with Crippen molar-refractivity contribution in [1.29, 1.82) is 0 Å². The minimum Gasteiger partial charge on any atom is -0.493 e. The number of rotatable bonds is 9. The normalized spacial score (nSPS) is 14.2. The summed E-state index contributed by atoms with van der Waals surface area (Å²) >= 11 is 0. The van der Waals surface area contributed by atoms with E-state index in [0.717, 1.165) is 11.1 Å². The Kier molecular flexibility index (Phi) is 5.95. The smallest absolute Gasteiger partial charge is 0.235 e. The highest BCUT2D eigenvalue weighted by Gasteiger charge is 2.55. The molecule has 7 nitrogen and oxygen atoms in total. The summed E-state index contributed by atoms with van der Waals surface area (Å²) in [5.74, 6) is 1.75. The molecule has 1 heterocycles. The summed E-state index contributed by atoms with van der Waals surface area (Å²) in [7, 11) is 3.16. The second-order valence-electron chi connectivity index (χ2n) is 7.66. The van der Waals surface area contributed by atoms with Crippen LogP contribution in [0.1, 0.15) is 24.1 Å². The average molecular weight is 422 g/mol. The fraction of sp³-hybridized carbons (Fsp3) is 0.333. The van der Waals surface area contributed by atoms with Crippen molar-refractivity contribution in [3.63, 3.8) is 0 Å². The second kappa shape index (κ2) is 8.81. The van der Waals surface area contributed by atoms with Crippen LogP contribution in [0.5, 0.6) is 11.5 Å². The molecule has 1 aliphatic rings. The van der Waals surface area contributed by atoms with Gasteiger partial charge in [0.2, 0.25) is 5.91 Å². The van der Waals surface area contributed by atoms with Crippen LogP contribution in [0.4, 0.5) is 0 Å². The SMILES string of the molecule is COc1ccc(-c2cc(C3(C(=O)N(CCO)Cc4ccccc4)CC3)no2)cc1OC. The van der Waals surface area contributed by atoms with Crippen LogP contribution in [0.2, 0.25) is 0 Å². The highest BCUT2D eigenvalue weighted by atomic mass is 16.5. The first-order chi connectivity index (χ1) is 15.1. The first kappa shape index (κ1) is 20.9. The summed E-state index contributed by atoms with van der Waals surface area (Å²) in [5.41, 5.74) is 1.74. The number of aliphatic hydroxyl groups excluding tert-OH is 1. The molecule has 7 heteroatoms. The van der Waals surface area contributed by atoms with Crippen molar-refractivity contribution in [1.82, 2.24) is 10.1 Å². The minimum atomic E-state index is -0.692. The van der Waals surface area contributed by atoms with E-state index in [1.807, 2.05) is 48.5 Å². The summed E-state index contributed by atoms with van der Waals surface area (Å²) < 4.78 is 16.2. The van der Waals surface area contributed by atoms with Crippen LogP contribution in [0.25, 0.3) is 11.3 Å². The molecule has 0 spiro atoms. The second-order valence-corrected chi connectivity index (χ2v) is 7.66. The first-order valence-corrected chi connectivity index (χ1v) is 10.2. The molecule has 1 saturated carbocycles. The molecule has 1 N–H and O–H groups in total. The molecule has 1 amide bonds. The molecular formula is C24H26N2O5. The molecule has 0 atom stereocenters. The monoisotopic (exact) mass is 422 g/mol. The number of hydrogen-bond acceptors (Lipinski definition) is 6. The molecule has 162 valence electrons. The summed E-state index contributed by atoms with van der Waals surface area (Å²) in [4.78, 5) is 15.2. The van der Waals surface area contributed by atoms with E-state index in [1.165, 1.54) is 0 Å². The van der Waals surface area contributed by atoms with E-state index in [1.54, 1.807) is 25.2 Å². The molecular weight excluding hydrogens is 396 g/mol. The Morgan fingerprint density at radius 2 is 1.84 bits per heavy atom. The van der Waals surface area contributed by atoms with Crippen molar-refractivity contribution >= 4 is 5.91 Å². The fourth-order valence-corrected chi connectivity index (χ4v) is 3.81. The van der Waals surface area contributed by atoms with Crippen LogP contribution in [0, 0.1) is 0 Å². The highest BCUT2D eigenvalue weighted by Crippen LogP contribution is 2.50. The van der Waals surface area contributed by atoms with E-state index in [2.05, 4.69) is 5.16 Å². The molecule has 0 aliphatic heterocycles. The Labute approximate surface area is 181 Å². The van der Waals surface area contributed by atoms with Crippen LogP contribution < -0.4 is 9.47 Å². The zero-order chi connectivity index (χ0) is 21.8. The number of methoxy groups -OCH3 is 2. The Balaban J connectivity index is 1.58. The fourth-order valence-electron chi connectivity index (χ4n) is 3.81. The predicted octanol–water partition coefficient (Wildman–Crippen LogP) is 3.41. The topological polar surface area (TPSA) is 85.0 Å². The summed E-state index contributed by atoms with van der Waals surface area (Å²) in [6.45, 7) is 0.628. The van der Waals surface area contributed by atoms with Gasteiger partial charge in [-0.1, -0.05) is 35.5 Å². The van der Waals surface area contributed by atoms with Gasteiger partial charge in [0.25, 0.3) is 0 Å². The quantitative estimate of drug-likeness (QED) is 0.569. The van der Waals surface area contributed by atoms with Gasteiger partial charge in [0.1, 0.15) is 0 Å². The molecule has 0 bridgehead atoms. The molecule has 1 aliphatic carbocycles. The zero-order valence-corrected chi connectivity index (χ0v) is 17.7. The van der Waals surface area contributed by atoms with Crippen LogP contribution in [0.3, 0.4) is 0 Å². The maximum Gasteiger partial charge on any atom is 0.235 e. The molecule has 31 heavy (non-hydrogen) atoms. The third-order valence-electron chi connectivity index (χ3n) is 5.70. The van der Waals surface area contributed by atoms with Gasteiger partial charge >= 0.3 is 0 Å². The van der Waals surface area contributed by atoms with Gasteiger partial charge in [-0.2, -0.15) is 0 Å². The van der Waals surface area contributed by atoms with Gasteiger partial charge in [0.15, 0.2) is 17.3 Å². The van der Waals surface area contributed by atoms with E-state index in [4.69, 9.17) is 14.0 Å². The third kappa shape index (κ3) is 4.14. The van der Waals surface area contributed by atoms with Crippen molar-refractivity contribution in [2.24, 2.45) is 0 Å². The zero-order valence-electron chi connectivity index (χ0n) is 17.7. The number of amides is 1.